The Morgan fingerprint density at radius 1 is 0.857 bits per heavy atom. The van der Waals surface area contributed by atoms with E-state index < -0.39 is 0 Å². The van der Waals surface area contributed by atoms with Crippen molar-refractivity contribution in [2.24, 2.45) is 0 Å². The van der Waals surface area contributed by atoms with E-state index in [2.05, 4.69) is 20.8 Å². The molecule has 0 fully saturated rings. The Bertz CT molecular complexity index is 59.3. The molecule has 0 saturated carbocycles. The zero-order valence-corrected chi connectivity index (χ0v) is 11.6. The van der Waals surface area contributed by atoms with E-state index in [1.807, 2.05) is 0 Å². The van der Waals surface area contributed by atoms with Crippen LogP contribution in [-0.2, 0) is 0 Å². The van der Waals surface area contributed by atoms with Gasteiger partial charge in [-0.05, 0) is 0 Å². The molecule has 0 aliphatic carbocycles. The van der Waals surface area contributed by atoms with Crippen molar-refractivity contribution in [1.82, 2.24) is 0 Å². The number of hydrogen-bond donors (Lipinski definition) is 0. The standard InChI is InChI=1S/C8H17O.C4H9.Mg/c1-2-3-4-5-6-7-8-9;1-3-4-2;/h2-8H2,1H3;1,3-4H2,2H3;/q2*-1;+2. The van der Waals surface area contributed by atoms with Crippen molar-refractivity contribution in [1.29, 1.82) is 0 Å². The molecule has 0 bridgehead atoms. The van der Waals surface area contributed by atoms with E-state index in [-0.39, 0.29) is 29.7 Å². The van der Waals surface area contributed by atoms with Gasteiger partial charge in [-0.15, -0.1) is 6.61 Å². The molecular formula is C12H26MgO. The molecule has 14 heavy (non-hydrogen) atoms. The van der Waals surface area contributed by atoms with Gasteiger partial charge in [-0.2, -0.15) is 6.42 Å². The van der Waals surface area contributed by atoms with E-state index in [4.69, 9.17) is 0 Å². The molecule has 0 aromatic heterocycles. The SMILES string of the molecule is CCCCCCCC[O-].[CH2-]CCC.[Mg+2]. The molecule has 0 amide bonds. The van der Waals surface area contributed by atoms with Crippen LogP contribution in [0.5, 0.6) is 0 Å². The van der Waals surface area contributed by atoms with Crippen molar-refractivity contribution in [3.8, 4) is 0 Å². The third-order valence-electron chi connectivity index (χ3n) is 1.85. The Balaban J connectivity index is -0.000000209. The second-order valence-corrected chi connectivity index (χ2v) is 3.33. The largest absolute Gasteiger partial charge is 2.00 e. The fourth-order valence-electron chi connectivity index (χ4n) is 0.882. The van der Waals surface area contributed by atoms with Gasteiger partial charge in [0.15, 0.2) is 0 Å². The van der Waals surface area contributed by atoms with Gasteiger partial charge in [0, 0.05) is 0 Å². The first-order valence-corrected chi connectivity index (χ1v) is 5.70. The van der Waals surface area contributed by atoms with Gasteiger partial charge in [0.2, 0.25) is 0 Å². The van der Waals surface area contributed by atoms with E-state index in [0.717, 1.165) is 19.3 Å². The van der Waals surface area contributed by atoms with Gasteiger partial charge in [0.05, 0.1) is 0 Å². The topological polar surface area (TPSA) is 23.1 Å². The molecule has 82 valence electrons. The molecule has 0 aromatic carbocycles. The summed E-state index contributed by atoms with van der Waals surface area (Å²) in [5, 5.41) is 9.96. The molecule has 0 rings (SSSR count). The summed E-state index contributed by atoms with van der Waals surface area (Å²) in [5.74, 6) is 0. The van der Waals surface area contributed by atoms with Crippen LogP contribution >= 0.6 is 0 Å². The van der Waals surface area contributed by atoms with Crippen LogP contribution < -0.4 is 5.11 Å². The Kier molecular flexibility index (Phi) is 33.9. The predicted molar refractivity (Wildman–Crippen MR) is 64.3 cm³/mol. The normalized spacial score (nSPS) is 8.57. The Morgan fingerprint density at radius 3 is 1.64 bits per heavy atom. The molecule has 1 nitrogen and oxygen atoms in total. The maximum Gasteiger partial charge on any atom is 2.00 e. The molecule has 0 saturated heterocycles. The maximum atomic E-state index is 9.96. The summed E-state index contributed by atoms with van der Waals surface area (Å²) in [6.45, 7) is 8.04. The molecule has 0 aliphatic rings. The summed E-state index contributed by atoms with van der Waals surface area (Å²) in [6, 6.07) is 0. The van der Waals surface area contributed by atoms with Gasteiger partial charge in [0.1, 0.15) is 0 Å². The molecule has 0 spiro atoms. The summed E-state index contributed by atoms with van der Waals surface area (Å²) in [7, 11) is 0. The minimum atomic E-state index is 0. The number of rotatable bonds is 7. The Morgan fingerprint density at radius 2 is 1.29 bits per heavy atom. The molecule has 0 unspecified atom stereocenters. The van der Waals surface area contributed by atoms with Crippen LogP contribution in [0.2, 0.25) is 0 Å². The number of hydrogen-bond acceptors (Lipinski definition) is 1. The van der Waals surface area contributed by atoms with Gasteiger partial charge in [0.25, 0.3) is 0 Å². The fourth-order valence-corrected chi connectivity index (χ4v) is 0.882. The van der Waals surface area contributed by atoms with Crippen LogP contribution in [0, 0.1) is 6.92 Å². The summed E-state index contributed by atoms with van der Waals surface area (Å²) < 4.78 is 0. The molecule has 0 aliphatic heterocycles. The van der Waals surface area contributed by atoms with Crippen molar-refractivity contribution in [3.63, 3.8) is 0 Å². The summed E-state index contributed by atoms with van der Waals surface area (Å²) in [4.78, 5) is 0. The second kappa shape index (κ2) is 23.5. The van der Waals surface area contributed by atoms with Gasteiger partial charge < -0.3 is 12.0 Å². The van der Waals surface area contributed by atoms with Crippen LogP contribution in [-0.4, -0.2) is 29.7 Å². The second-order valence-electron chi connectivity index (χ2n) is 3.33. The molecule has 0 N–H and O–H groups in total. The molecule has 2 heteroatoms. The van der Waals surface area contributed by atoms with Crippen LogP contribution in [0.15, 0.2) is 0 Å². The Labute approximate surface area is 107 Å². The molecule has 0 aromatic rings. The van der Waals surface area contributed by atoms with Crippen molar-refractivity contribution in [3.05, 3.63) is 6.92 Å². The third-order valence-corrected chi connectivity index (χ3v) is 1.85. The van der Waals surface area contributed by atoms with Crippen molar-refractivity contribution < 1.29 is 5.11 Å². The van der Waals surface area contributed by atoms with E-state index in [1.165, 1.54) is 32.1 Å². The van der Waals surface area contributed by atoms with Crippen molar-refractivity contribution in [2.45, 2.75) is 65.2 Å². The first-order valence-electron chi connectivity index (χ1n) is 5.70. The molecule has 0 atom stereocenters. The van der Waals surface area contributed by atoms with Crippen molar-refractivity contribution >= 4 is 23.1 Å². The molecule has 0 radical (unpaired) electrons. The minimum Gasteiger partial charge on any atom is -0.854 e. The predicted octanol–water partition coefficient (Wildman–Crippen LogP) is 2.95. The average molecular weight is 211 g/mol. The summed E-state index contributed by atoms with van der Waals surface area (Å²) in [5.41, 5.74) is 0. The van der Waals surface area contributed by atoms with Gasteiger partial charge >= 0.3 is 23.1 Å². The van der Waals surface area contributed by atoms with Crippen LogP contribution in [0.25, 0.3) is 0 Å². The average Bonchev–Trinajstić information content (AvgIpc) is 2.18. The summed E-state index contributed by atoms with van der Waals surface area (Å²) in [6.07, 6.45) is 9.50. The zero-order valence-electron chi connectivity index (χ0n) is 10.2. The minimum absolute atomic E-state index is 0. The molecular weight excluding hydrogens is 184 g/mol. The van der Waals surface area contributed by atoms with Gasteiger partial charge in [-0.25, -0.2) is 0 Å². The van der Waals surface area contributed by atoms with E-state index >= 15 is 0 Å². The van der Waals surface area contributed by atoms with Crippen LogP contribution in [0.1, 0.15) is 65.2 Å². The van der Waals surface area contributed by atoms with E-state index in [1.54, 1.807) is 0 Å². The quantitative estimate of drug-likeness (QED) is 0.360. The first kappa shape index (κ1) is 20.2. The third kappa shape index (κ3) is 29.3. The summed E-state index contributed by atoms with van der Waals surface area (Å²) >= 11 is 0. The van der Waals surface area contributed by atoms with Gasteiger partial charge in [-0.3, -0.25) is 0 Å². The molecule has 0 heterocycles. The smallest absolute Gasteiger partial charge is 0.854 e. The van der Waals surface area contributed by atoms with Gasteiger partial charge in [-0.1, -0.05) is 58.8 Å². The van der Waals surface area contributed by atoms with Crippen molar-refractivity contribution in [2.75, 3.05) is 6.61 Å². The maximum absolute atomic E-state index is 9.96. The zero-order chi connectivity index (χ0) is 10.4. The van der Waals surface area contributed by atoms with E-state index in [9.17, 15) is 5.11 Å². The van der Waals surface area contributed by atoms with E-state index in [0.29, 0.717) is 0 Å². The van der Waals surface area contributed by atoms with Crippen LogP contribution in [0.4, 0.5) is 0 Å². The number of unbranched alkanes of at least 4 members (excludes halogenated alkanes) is 6. The van der Waals surface area contributed by atoms with Crippen LogP contribution in [0.3, 0.4) is 0 Å². The Hall–Kier alpha value is 0.726. The first-order chi connectivity index (χ1) is 6.33. The fraction of sp³-hybridized carbons (Fsp3) is 0.917. The monoisotopic (exact) mass is 210 g/mol.